The van der Waals surface area contributed by atoms with E-state index in [9.17, 15) is 35.9 Å². The number of hydrogen-bond acceptors (Lipinski definition) is 4. The third-order valence-electron chi connectivity index (χ3n) is 0.607. The maximum Gasteiger partial charge on any atom is 0.491 e. The first-order valence-electron chi connectivity index (χ1n) is 2.61. The first kappa shape index (κ1) is 13.1. The number of ether oxygens (including phenoxy) is 1. The molecule has 0 rings (SSSR count). The van der Waals surface area contributed by atoms with Gasteiger partial charge in [0.2, 0.25) is 0 Å². The monoisotopic (exact) mass is 242 g/mol. The lowest BCUT2D eigenvalue weighted by atomic mass is 10.7. The second-order valence-corrected chi connectivity index (χ2v) is 2.69. The van der Waals surface area contributed by atoms with Crippen molar-refractivity contribution in [2.75, 3.05) is 0 Å². The molecule has 0 aliphatic rings. The zero-order valence-corrected chi connectivity index (χ0v) is 6.72. The van der Waals surface area contributed by atoms with Gasteiger partial charge in [0.1, 0.15) is 0 Å². The minimum atomic E-state index is -5.50. The van der Waals surface area contributed by atoms with E-state index in [2.05, 4.69) is 4.74 Å². The summed E-state index contributed by atoms with van der Waals surface area (Å²) in [6, 6.07) is 0. The SMILES string of the molecule is O=C(OC(=O)C(F)(F)F)SC(F)(F)F. The lowest BCUT2D eigenvalue weighted by molar-refractivity contribution is -0.192. The highest BCUT2D eigenvalue weighted by atomic mass is 32.2. The molecular weight excluding hydrogens is 242 g/mol. The zero-order valence-electron chi connectivity index (χ0n) is 5.90. The number of hydrogen-bond donors (Lipinski definition) is 0. The number of alkyl halides is 6. The predicted octanol–water partition coefficient (Wildman–Crippen LogP) is 2.46. The molecule has 3 nitrogen and oxygen atoms in total. The van der Waals surface area contributed by atoms with Crippen LogP contribution in [-0.4, -0.2) is 23.0 Å². The van der Waals surface area contributed by atoms with E-state index in [0.29, 0.717) is 0 Å². The number of carbonyl (C=O) groups excluding carboxylic acids is 2. The van der Waals surface area contributed by atoms with E-state index in [-0.39, 0.29) is 0 Å². The van der Waals surface area contributed by atoms with Crippen LogP contribution in [0, 0.1) is 0 Å². The van der Waals surface area contributed by atoms with Crippen LogP contribution in [0.2, 0.25) is 0 Å². The Hall–Kier alpha value is -0.930. The highest BCUT2D eigenvalue weighted by molar-refractivity contribution is 8.14. The first-order valence-corrected chi connectivity index (χ1v) is 3.43. The molecule has 0 radical (unpaired) electrons. The quantitative estimate of drug-likeness (QED) is 0.372. The van der Waals surface area contributed by atoms with Gasteiger partial charge >= 0.3 is 23.0 Å². The van der Waals surface area contributed by atoms with Crippen molar-refractivity contribution in [2.45, 2.75) is 11.7 Å². The fourth-order valence-corrected chi connectivity index (χ4v) is 0.555. The van der Waals surface area contributed by atoms with Crippen molar-refractivity contribution >= 4 is 23.0 Å². The molecule has 0 spiro atoms. The largest absolute Gasteiger partial charge is 0.491 e. The predicted molar refractivity (Wildman–Crippen MR) is 31.2 cm³/mol. The van der Waals surface area contributed by atoms with Gasteiger partial charge in [0.05, 0.1) is 11.8 Å². The third-order valence-corrected chi connectivity index (χ3v) is 1.09. The summed E-state index contributed by atoms with van der Waals surface area (Å²) in [4.78, 5) is 19.8. The normalized spacial score (nSPS) is 12.4. The summed E-state index contributed by atoms with van der Waals surface area (Å²) in [5, 5.41) is -2.38. The van der Waals surface area contributed by atoms with Crippen molar-refractivity contribution in [3.63, 3.8) is 0 Å². The molecule has 0 heterocycles. The maximum atomic E-state index is 11.3. The Labute approximate surface area is 76.4 Å². The minimum absolute atomic E-state index is 1.48. The van der Waals surface area contributed by atoms with E-state index < -0.39 is 34.7 Å². The van der Waals surface area contributed by atoms with Gasteiger partial charge in [0.25, 0.3) is 0 Å². The van der Waals surface area contributed by atoms with Crippen molar-refractivity contribution < 1.29 is 40.7 Å². The van der Waals surface area contributed by atoms with Crippen LogP contribution in [0.3, 0.4) is 0 Å². The number of rotatable bonds is 0. The number of thioether (sulfide) groups is 1. The molecule has 0 unspecified atom stereocenters. The summed E-state index contributed by atoms with van der Waals surface area (Å²) in [7, 11) is 0. The van der Waals surface area contributed by atoms with Crippen molar-refractivity contribution in [1.82, 2.24) is 0 Å². The number of esters is 1. The van der Waals surface area contributed by atoms with Crippen molar-refractivity contribution in [1.29, 1.82) is 0 Å². The Bertz CT molecular complexity index is 242. The van der Waals surface area contributed by atoms with Crippen molar-refractivity contribution in [2.24, 2.45) is 0 Å². The van der Waals surface area contributed by atoms with Gasteiger partial charge < -0.3 is 4.74 Å². The van der Waals surface area contributed by atoms with Gasteiger partial charge in [-0.3, -0.25) is 0 Å². The van der Waals surface area contributed by atoms with Crippen LogP contribution in [-0.2, 0) is 9.53 Å². The lowest BCUT2D eigenvalue weighted by Crippen LogP contribution is -2.27. The Morgan fingerprint density at radius 1 is 1.00 bits per heavy atom. The summed E-state index contributed by atoms with van der Waals surface area (Å²) in [5.41, 5.74) is -5.09. The second-order valence-electron chi connectivity index (χ2n) is 1.69. The molecule has 0 amide bonds. The lowest BCUT2D eigenvalue weighted by Gasteiger charge is -2.06. The Morgan fingerprint density at radius 2 is 1.43 bits per heavy atom. The summed E-state index contributed by atoms with van der Waals surface area (Å²) in [6.45, 7) is 0. The molecule has 14 heavy (non-hydrogen) atoms. The molecule has 0 saturated heterocycles. The fourth-order valence-electron chi connectivity index (χ4n) is 0.249. The summed E-state index contributed by atoms with van der Waals surface area (Å²) in [5.74, 6) is -2.99. The van der Waals surface area contributed by atoms with Crippen LogP contribution >= 0.6 is 11.8 Å². The minimum Gasteiger partial charge on any atom is -0.378 e. The van der Waals surface area contributed by atoms with Gasteiger partial charge in [0.15, 0.2) is 0 Å². The highest BCUT2D eigenvalue weighted by Gasteiger charge is 2.44. The molecule has 0 aliphatic heterocycles. The Balaban J connectivity index is 4.16. The van der Waals surface area contributed by atoms with Crippen LogP contribution in [0.4, 0.5) is 31.1 Å². The zero-order chi connectivity index (χ0) is 11.6. The smallest absolute Gasteiger partial charge is 0.378 e. The van der Waals surface area contributed by atoms with E-state index in [4.69, 9.17) is 0 Å². The molecule has 0 atom stereocenters. The van der Waals surface area contributed by atoms with Gasteiger partial charge in [-0.25, -0.2) is 9.59 Å². The first-order chi connectivity index (χ1) is 6.02. The van der Waals surface area contributed by atoms with Crippen LogP contribution in [0.25, 0.3) is 0 Å². The molecule has 0 N–H and O–H groups in total. The molecule has 0 saturated carbocycles. The number of carbonyl (C=O) groups is 2. The number of halogens is 6. The average Bonchev–Trinajstić information content (AvgIpc) is 1.79. The van der Waals surface area contributed by atoms with Gasteiger partial charge in [0, 0.05) is 0 Å². The molecule has 0 fully saturated rings. The molecule has 0 aliphatic carbocycles. The van der Waals surface area contributed by atoms with Crippen molar-refractivity contribution in [3.05, 3.63) is 0 Å². The molecule has 0 bridgehead atoms. The molecule has 0 aromatic carbocycles. The second kappa shape index (κ2) is 4.07. The molecular formula is C4F6O3S. The van der Waals surface area contributed by atoms with E-state index in [1.165, 1.54) is 0 Å². The maximum absolute atomic E-state index is 11.3. The molecule has 0 aromatic rings. The molecule has 0 aromatic heterocycles. The van der Waals surface area contributed by atoms with Gasteiger partial charge in [-0.1, -0.05) is 0 Å². The summed E-state index contributed by atoms with van der Waals surface area (Å²) in [6.07, 6.45) is -5.50. The molecule has 82 valence electrons. The van der Waals surface area contributed by atoms with E-state index in [0.717, 1.165) is 0 Å². The van der Waals surface area contributed by atoms with Gasteiger partial charge in [-0.15, -0.1) is 0 Å². The van der Waals surface area contributed by atoms with Crippen molar-refractivity contribution in [3.8, 4) is 0 Å². The van der Waals surface area contributed by atoms with Crippen LogP contribution < -0.4 is 0 Å². The molecule has 10 heteroatoms. The third kappa shape index (κ3) is 5.67. The van der Waals surface area contributed by atoms with E-state index in [1.54, 1.807) is 0 Å². The van der Waals surface area contributed by atoms with Crippen LogP contribution in [0.5, 0.6) is 0 Å². The van der Waals surface area contributed by atoms with Gasteiger partial charge in [-0.05, 0) is 0 Å². The van der Waals surface area contributed by atoms with E-state index in [1.807, 2.05) is 0 Å². The Kier molecular flexibility index (Phi) is 3.80. The highest BCUT2D eigenvalue weighted by Crippen LogP contribution is 2.32. The van der Waals surface area contributed by atoms with Gasteiger partial charge in [-0.2, -0.15) is 26.3 Å². The summed E-state index contributed by atoms with van der Waals surface area (Å²) < 4.78 is 70.8. The summed E-state index contributed by atoms with van der Waals surface area (Å²) >= 11 is -1.48. The standard InChI is InChI=1S/C4F6O3S/c5-3(6,7)1(11)13-2(12)14-4(8,9)10. The fraction of sp³-hybridized carbons (Fsp3) is 0.500. The van der Waals surface area contributed by atoms with Crippen LogP contribution in [0.1, 0.15) is 0 Å². The topological polar surface area (TPSA) is 43.4 Å². The van der Waals surface area contributed by atoms with E-state index >= 15 is 0 Å². The Morgan fingerprint density at radius 3 is 1.71 bits per heavy atom. The van der Waals surface area contributed by atoms with Crippen LogP contribution in [0.15, 0.2) is 0 Å². The average molecular weight is 242 g/mol.